The third-order valence-corrected chi connectivity index (χ3v) is 3.55. The Morgan fingerprint density at radius 3 is 2.81 bits per heavy atom. The van der Waals surface area contributed by atoms with Crippen molar-refractivity contribution in [3.63, 3.8) is 0 Å². The number of aryl methyl sites for hydroxylation is 1. The van der Waals surface area contributed by atoms with E-state index in [0.29, 0.717) is 18.9 Å². The summed E-state index contributed by atoms with van der Waals surface area (Å²) in [5, 5.41) is -0.531. The molecule has 2 heterocycles. The molecule has 16 heavy (non-hydrogen) atoms. The van der Waals surface area contributed by atoms with Crippen molar-refractivity contribution in [3.05, 3.63) is 23.8 Å². The van der Waals surface area contributed by atoms with Crippen molar-refractivity contribution in [3.8, 4) is 0 Å². The van der Waals surface area contributed by atoms with Crippen molar-refractivity contribution in [1.82, 2.24) is 9.97 Å². The number of nitrogens with zero attached hydrogens (tertiary/aromatic N) is 2. The predicted octanol–water partition coefficient (Wildman–Crippen LogP) is 0.884. The highest BCUT2D eigenvalue weighted by atomic mass is 32.2. The molecule has 0 amide bonds. The van der Waals surface area contributed by atoms with E-state index in [1.807, 2.05) is 6.92 Å². The van der Waals surface area contributed by atoms with Crippen LogP contribution in [-0.4, -0.2) is 30.6 Å². The van der Waals surface area contributed by atoms with Crippen LogP contribution in [-0.2, 0) is 15.8 Å². The molecule has 3 atom stereocenters. The Labute approximate surface area is 96.5 Å². The standard InChI is InChI=1S/C10H14N2O3S/c1-7-5-11-10(12-6-7)9-8(16(13)14)3-2-4-15-9/h5-6,8-9H,2-4H2,1H3,(H,13,14)/p-1/t8-,9+/m1/s1. The first-order valence-corrected chi connectivity index (χ1v) is 6.30. The van der Waals surface area contributed by atoms with E-state index in [0.717, 1.165) is 12.0 Å². The molecule has 6 heteroatoms. The lowest BCUT2D eigenvalue weighted by molar-refractivity contribution is 0.0121. The van der Waals surface area contributed by atoms with E-state index in [4.69, 9.17) is 4.74 Å². The molecular weight excluding hydrogens is 228 g/mol. The molecule has 0 radical (unpaired) electrons. The molecular formula is C10H13N2O3S-. The molecule has 0 aliphatic carbocycles. The highest BCUT2D eigenvalue weighted by Gasteiger charge is 2.30. The van der Waals surface area contributed by atoms with Gasteiger partial charge in [0.1, 0.15) is 6.10 Å². The zero-order chi connectivity index (χ0) is 11.5. The van der Waals surface area contributed by atoms with Gasteiger partial charge in [-0.15, -0.1) is 0 Å². The first kappa shape index (κ1) is 11.6. The highest BCUT2D eigenvalue weighted by Crippen LogP contribution is 2.29. The van der Waals surface area contributed by atoms with E-state index in [2.05, 4.69) is 9.97 Å². The van der Waals surface area contributed by atoms with Crippen molar-refractivity contribution in [2.24, 2.45) is 0 Å². The zero-order valence-electron chi connectivity index (χ0n) is 8.96. The maximum atomic E-state index is 11.1. The molecule has 0 aromatic carbocycles. The van der Waals surface area contributed by atoms with E-state index >= 15 is 0 Å². The van der Waals surface area contributed by atoms with Gasteiger partial charge < -0.3 is 9.29 Å². The number of rotatable bonds is 2. The maximum Gasteiger partial charge on any atom is 0.158 e. The molecule has 1 aromatic heterocycles. The van der Waals surface area contributed by atoms with Crippen LogP contribution in [0.3, 0.4) is 0 Å². The molecule has 2 rings (SSSR count). The van der Waals surface area contributed by atoms with E-state index in [1.165, 1.54) is 0 Å². The topological polar surface area (TPSA) is 75.1 Å². The van der Waals surface area contributed by atoms with Gasteiger partial charge in [-0.05, 0) is 36.4 Å². The summed E-state index contributed by atoms with van der Waals surface area (Å²) < 4.78 is 27.6. The van der Waals surface area contributed by atoms with Gasteiger partial charge >= 0.3 is 0 Å². The molecule has 1 unspecified atom stereocenters. The minimum Gasteiger partial charge on any atom is -0.772 e. The van der Waals surface area contributed by atoms with Gasteiger partial charge in [0.2, 0.25) is 0 Å². The van der Waals surface area contributed by atoms with Gasteiger partial charge in [0.25, 0.3) is 0 Å². The van der Waals surface area contributed by atoms with Crippen LogP contribution >= 0.6 is 0 Å². The van der Waals surface area contributed by atoms with Gasteiger partial charge in [-0.1, -0.05) is 0 Å². The SMILES string of the molecule is Cc1cnc([C@H]2OCCC[C@H]2S(=O)[O-])nc1. The van der Waals surface area contributed by atoms with Crippen molar-refractivity contribution in [2.45, 2.75) is 31.1 Å². The Kier molecular flexibility index (Phi) is 3.63. The predicted molar refractivity (Wildman–Crippen MR) is 57.4 cm³/mol. The first-order valence-electron chi connectivity index (χ1n) is 5.16. The first-order chi connectivity index (χ1) is 7.68. The van der Waals surface area contributed by atoms with Crippen LogP contribution in [0.2, 0.25) is 0 Å². The summed E-state index contributed by atoms with van der Waals surface area (Å²) in [6.45, 7) is 2.45. The fourth-order valence-electron chi connectivity index (χ4n) is 1.74. The fourth-order valence-corrected chi connectivity index (χ4v) is 2.50. The summed E-state index contributed by atoms with van der Waals surface area (Å²) in [5.41, 5.74) is 0.944. The van der Waals surface area contributed by atoms with Gasteiger partial charge in [0, 0.05) is 19.0 Å². The smallest absolute Gasteiger partial charge is 0.158 e. The monoisotopic (exact) mass is 241 g/mol. The van der Waals surface area contributed by atoms with E-state index in [1.54, 1.807) is 12.4 Å². The molecule has 88 valence electrons. The van der Waals surface area contributed by atoms with Gasteiger partial charge in [-0.3, -0.25) is 4.21 Å². The summed E-state index contributed by atoms with van der Waals surface area (Å²) in [6.07, 6.45) is 4.20. The van der Waals surface area contributed by atoms with E-state index in [-0.39, 0.29) is 0 Å². The van der Waals surface area contributed by atoms with Crippen molar-refractivity contribution < 1.29 is 13.5 Å². The average molecular weight is 241 g/mol. The summed E-state index contributed by atoms with van der Waals surface area (Å²) in [5.74, 6) is 0.458. The van der Waals surface area contributed by atoms with Crippen LogP contribution in [0, 0.1) is 6.92 Å². The second kappa shape index (κ2) is 4.99. The molecule has 1 aliphatic rings. The molecule has 0 saturated carbocycles. The van der Waals surface area contributed by atoms with Gasteiger partial charge in [0.05, 0.1) is 5.25 Å². The second-order valence-electron chi connectivity index (χ2n) is 3.85. The Balaban J connectivity index is 2.23. The highest BCUT2D eigenvalue weighted by molar-refractivity contribution is 7.79. The molecule has 0 bridgehead atoms. The second-order valence-corrected chi connectivity index (χ2v) is 4.98. The molecule has 1 saturated heterocycles. The number of aromatic nitrogens is 2. The van der Waals surface area contributed by atoms with Gasteiger partial charge in [-0.25, -0.2) is 9.97 Å². The van der Waals surface area contributed by atoms with E-state index in [9.17, 15) is 8.76 Å². The van der Waals surface area contributed by atoms with Crippen LogP contribution in [0.4, 0.5) is 0 Å². The molecule has 0 spiro atoms. The third-order valence-electron chi connectivity index (χ3n) is 2.57. The molecule has 1 aromatic rings. The van der Waals surface area contributed by atoms with Crippen LogP contribution in [0.25, 0.3) is 0 Å². The lowest BCUT2D eigenvalue weighted by atomic mass is 10.1. The number of hydrogen-bond donors (Lipinski definition) is 0. The lowest BCUT2D eigenvalue weighted by Gasteiger charge is -2.31. The van der Waals surface area contributed by atoms with Crippen molar-refractivity contribution >= 4 is 11.1 Å². The fraction of sp³-hybridized carbons (Fsp3) is 0.600. The third kappa shape index (κ3) is 2.45. The van der Waals surface area contributed by atoms with Crippen LogP contribution in [0.5, 0.6) is 0 Å². The number of hydrogen-bond acceptors (Lipinski definition) is 5. The van der Waals surface area contributed by atoms with Gasteiger partial charge in [-0.2, -0.15) is 0 Å². The molecule has 0 N–H and O–H groups in total. The Bertz CT molecular complexity index is 382. The maximum absolute atomic E-state index is 11.1. The van der Waals surface area contributed by atoms with Crippen LogP contribution in [0.1, 0.15) is 30.3 Å². The summed E-state index contributed by atoms with van der Waals surface area (Å²) in [4.78, 5) is 8.25. The van der Waals surface area contributed by atoms with E-state index < -0.39 is 22.4 Å². The normalized spacial score (nSPS) is 27.6. The average Bonchev–Trinajstić information content (AvgIpc) is 2.30. The van der Waals surface area contributed by atoms with Crippen molar-refractivity contribution in [2.75, 3.05) is 6.61 Å². The Hall–Kier alpha value is -0.850. The minimum absolute atomic E-state index is 0.458. The molecule has 1 aliphatic heterocycles. The molecule has 1 fully saturated rings. The quantitative estimate of drug-likeness (QED) is 0.719. The molecule has 5 nitrogen and oxygen atoms in total. The van der Waals surface area contributed by atoms with Crippen molar-refractivity contribution in [1.29, 1.82) is 0 Å². The summed E-state index contributed by atoms with van der Waals surface area (Å²) in [6, 6.07) is 0. The van der Waals surface area contributed by atoms with Gasteiger partial charge in [0.15, 0.2) is 5.82 Å². The number of ether oxygens (including phenoxy) is 1. The van der Waals surface area contributed by atoms with Crippen LogP contribution in [0.15, 0.2) is 12.4 Å². The Morgan fingerprint density at radius 1 is 1.50 bits per heavy atom. The summed E-state index contributed by atoms with van der Waals surface area (Å²) in [7, 11) is 0. The summed E-state index contributed by atoms with van der Waals surface area (Å²) >= 11 is -2.14. The Morgan fingerprint density at radius 2 is 2.19 bits per heavy atom. The lowest BCUT2D eigenvalue weighted by Crippen LogP contribution is -2.32. The van der Waals surface area contributed by atoms with Crippen LogP contribution < -0.4 is 0 Å². The minimum atomic E-state index is -2.14. The zero-order valence-corrected chi connectivity index (χ0v) is 9.77. The largest absolute Gasteiger partial charge is 0.772 e.